The number of hydrogen-bond acceptors (Lipinski definition) is 3. The highest BCUT2D eigenvalue weighted by Gasteiger charge is 2.34. The molecule has 0 radical (unpaired) electrons. The fraction of sp³-hybridized carbons (Fsp3) is 0.600. The van der Waals surface area contributed by atoms with E-state index >= 15 is 0 Å². The van der Waals surface area contributed by atoms with Gasteiger partial charge in [0, 0.05) is 12.2 Å². The standard InChI is InChI=1S/C15H21ClN2O2/c1-10-11(7-8-13(16)17-10)12-6-5-9-18(12)14(19)20-15(2,3)4/h7-8,12H,5-6,9H2,1-4H3. The fourth-order valence-electron chi connectivity index (χ4n) is 2.52. The molecule has 1 fully saturated rings. The van der Waals surface area contributed by atoms with E-state index in [2.05, 4.69) is 4.98 Å². The minimum Gasteiger partial charge on any atom is -0.444 e. The molecule has 1 amide bonds. The quantitative estimate of drug-likeness (QED) is 0.732. The smallest absolute Gasteiger partial charge is 0.410 e. The number of aryl methyl sites for hydroxylation is 1. The molecule has 4 nitrogen and oxygen atoms in total. The van der Waals surface area contributed by atoms with Gasteiger partial charge in [0.2, 0.25) is 0 Å². The van der Waals surface area contributed by atoms with Crippen LogP contribution in [0, 0.1) is 6.92 Å². The van der Waals surface area contributed by atoms with E-state index in [4.69, 9.17) is 16.3 Å². The Balaban J connectivity index is 2.21. The predicted octanol–water partition coefficient (Wildman–Crippen LogP) is 4.12. The molecule has 110 valence electrons. The summed E-state index contributed by atoms with van der Waals surface area (Å²) >= 11 is 5.89. The van der Waals surface area contributed by atoms with Gasteiger partial charge in [-0.05, 0) is 52.2 Å². The van der Waals surface area contributed by atoms with Crippen LogP contribution in [-0.4, -0.2) is 28.1 Å². The molecule has 1 unspecified atom stereocenters. The van der Waals surface area contributed by atoms with Crippen LogP contribution in [0.3, 0.4) is 0 Å². The van der Waals surface area contributed by atoms with Crippen LogP contribution >= 0.6 is 11.6 Å². The van der Waals surface area contributed by atoms with Crippen LogP contribution in [0.15, 0.2) is 12.1 Å². The van der Waals surface area contributed by atoms with Crippen molar-refractivity contribution in [2.75, 3.05) is 6.54 Å². The van der Waals surface area contributed by atoms with Gasteiger partial charge in [0.05, 0.1) is 6.04 Å². The zero-order valence-corrected chi connectivity index (χ0v) is 13.2. The van der Waals surface area contributed by atoms with Gasteiger partial charge in [-0.25, -0.2) is 9.78 Å². The SMILES string of the molecule is Cc1nc(Cl)ccc1C1CCCN1C(=O)OC(C)(C)C. The van der Waals surface area contributed by atoms with Gasteiger partial charge in [0.1, 0.15) is 10.8 Å². The number of nitrogens with zero attached hydrogens (tertiary/aromatic N) is 2. The molecule has 0 saturated carbocycles. The molecule has 20 heavy (non-hydrogen) atoms. The first-order chi connectivity index (χ1) is 9.28. The summed E-state index contributed by atoms with van der Waals surface area (Å²) in [5.41, 5.74) is 1.45. The molecule has 1 aliphatic heterocycles. The van der Waals surface area contributed by atoms with Crippen molar-refractivity contribution in [1.82, 2.24) is 9.88 Å². The Hall–Kier alpha value is -1.29. The normalized spacial score (nSPS) is 19.2. The van der Waals surface area contributed by atoms with Crippen molar-refractivity contribution in [2.24, 2.45) is 0 Å². The molecule has 0 bridgehead atoms. The molecule has 1 aromatic heterocycles. The number of halogens is 1. The minimum absolute atomic E-state index is 0.0367. The van der Waals surface area contributed by atoms with Crippen LogP contribution in [0.4, 0.5) is 4.79 Å². The monoisotopic (exact) mass is 296 g/mol. The van der Waals surface area contributed by atoms with Crippen molar-refractivity contribution in [3.05, 3.63) is 28.5 Å². The van der Waals surface area contributed by atoms with Crippen molar-refractivity contribution in [2.45, 2.75) is 52.2 Å². The lowest BCUT2D eigenvalue weighted by Gasteiger charge is -2.29. The van der Waals surface area contributed by atoms with Gasteiger partial charge in [-0.15, -0.1) is 0 Å². The molecular weight excluding hydrogens is 276 g/mol. The molecule has 2 heterocycles. The number of ether oxygens (including phenoxy) is 1. The van der Waals surface area contributed by atoms with Gasteiger partial charge >= 0.3 is 6.09 Å². The minimum atomic E-state index is -0.475. The first kappa shape index (κ1) is 15.1. The maximum atomic E-state index is 12.3. The first-order valence-corrected chi connectivity index (χ1v) is 7.28. The second-order valence-corrected chi connectivity index (χ2v) is 6.53. The molecule has 1 saturated heterocycles. The predicted molar refractivity (Wildman–Crippen MR) is 78.9 cm³/mol. The van der Waals surface area contributed by atoms with E-state index < -0.39 is 5.60 Å². The number of pyridine rings is 1. The van der Waals surface area contributed by atoms with Crippen LogP contribution in [0.1, 0.15) is 50.9 Å². The third-order valence-electron chi connectivity index (χ3n) is 3.33. The highest BCUT2D eigenvalue weighted by Crippen LogP contribution is 2.34. The molecule has 2 rings (SSSR count). The molecule has 0 spiro atoms. The Morgan fingerprint density at radius 3 is 2.75 bits per heavy atom. The summed E-state index contributed by atoms with van der Waals surface area (Å²) in [6.07, 6.45) is 1.66. The Bertz CT molecular complexity index is 511. The largest absolute Gasteiger partial charge is 0.444 e. The van der Waals surface area contributed by atoms with Crippen LogP contribution in [0.2, 0.25) is 5.15 Å². The summed E-state index contributed by atoms with van der Waals surface area (Å²) in [7, 11) is 0. The Morgan fingerprint density at radius 1 is 1.45 bits per heavy atom. The van der Waals surface area contributed by atoms with E-state index in [1.54, 1.807) is 11.0 Å². The Kier molecular flexibility index (Phi) is 4.23. The molecule has 5 heteroatoms. The molecule has 1 aliphatic rings. The van der Waals surface area contributed by atoms with Crippen LogP contribution in [-0.2, 0) is 4.74 Å². The summed E-state index contributed by atoms with van der Waals surface area (Å²) < 4.78 is 5.48. The van der Waals surface area contributed by atoms with E-state index in [9.17, 15) is 4.79 Å². The van der Waals surface area contributed by atoms with Crippen LogP contribution < -0.4 is 0 Å². The van der Waals surface area contributed by atoms with E-state index in [0.29, 0.717) is 5.15 Å². The number of hydrogen-bond donors (Lipinski definition) is 0. The summed E-state index contributed by atoms with van der Waals surface area (Å²) in [6.45, 7) is 8.29. The second-order valence-electron chi connectivity index (χ2n) is 6.14. The summed E-state index contributed by atoms with van der Waals surface area (Å²) in [5.74, 6) is 0. The molecule has 0 N–H and O–H groups in total. The van der Waals surface area contributed by atoms with Gasteiger partial charge in [-0.3, -0.25) is 0 Å². The van der Waals surface area contributed by atoms with E-state index in [-0.39, 0.29) is 12.1 Å². The van der Waals surface area contributed by atoms with Gasteiger partial charge in [-0.2, -0.15) is 0 Å². The van der Waals surface area contributed by atoms with E-state index in [1.165, 1.54) is 0 Å². The van der Waals surface area contributed by atoms with Crippen molar-refractivity contribution in [1.29, 1.82) is 0 Å². The second kappa shape index (κ2) is 5.60. The van der Waals surface area contributed by atoms with E-state index in [1.807, 2.05) is 33.8 Å². The molecule has 1 atom stereocenters. The van der Waals surface area contributed by atoms with Crippen molar-refractivity contribution < 1.29 is 9.53 Å². The van der Waals surface area contributed by atoms with Crippen LogP contribution in [0.5, 0.6) is 0 Å². The summed E-state index contributed by atoms with van der Waals surface area (Å²) in [4.78, 5) is 18.3. The third kappa shape index (κ3) is 3.42. The van der Waals surface area contributed by atoms with Crippen molar-refractivity contribution in [3.8, 4) is 0 Å². The Morgan fingerprint density at radius 2 is 2.15 bits per heavy atom. The average molecular weight is 297 g/mol. The van der Waals surface area contributed by atoms with Crippen molar-refractivity contribution in [3.63, 3.8) is 0 Å². The number of carbonyl (C=O) groups is 1. The third-order valence-corrected chi connectivity index (χ3v) is 3.54. The van der Waals surface area contributed by atoms with Crippen molar-refractivity contribution >= 4 is 17.7 Å². The first-order valence-electron chi connectivity index (χ1n) is 6.90. The zero-order chi connectivity index (χ0) is 14.9. The molecular formula is C15H21ClN2O2. The van der Waals surface area contributed by atoms with Crippen LogP contribution in [0.25, 0.3) is 0 Å². The zero-order valence-electron chi connectivity index (χ0n) is 12.4. The Labute approximate surface area is 125 Å². The van der Waals surface area contributed by atoms with E-state index in [0.717, 1.165) is 30.6 Å². The lowest BCUT2D eigenvalue weighted by Crippen LogP contribution is -2.36. The summed E-state index contributed by atoms with van der Waals surface area (Å²) in [6, 6.07) is 3.77. The molecule has 1 aromatic rings. The number of carbonyl (C=O) groups excluding carboxylic acids is 1. The highest BCUT2D eigenvalue weighted by molar-refractivity contribution is 6.29. The number of rotatable bonds is 1. The van der Waals surface area contributed by atoms with Gasteiger partial charge in [0.25, 0.3) is 0 Å². The maximum Gasteiger partial charge on any atom is 0.410 e. The number of amides is 1. The van der Waals surface area contributed by atoms with Gasteiger partial charge in [0.15, 0.2) is 0 Å². The number of likely N-dealkylation sites (tertiary alicyclic amines) is 1. The van der Waals surface area contributed by atoms with Gasteiger partial charge < -0.3 is 9.64 Å². The number of aromatic nitrogens is 1. The van der Waals surface area contributed by atoms with Gasteiger partial charge in [-0.1, -0.05) is 17.7 Å². The molecule has 0 aromatic carbocycles. The average Bonchev–Trinajstić information content (AvgIpc) is 2.75. The fourth-order valence-corrected chi connectivity index (χ4v) is 2.71. The lowest BCUT2D eigenvalue weighted by molar-refractivity contribution is 0.0224. The molecule has 0 aliphatic carbocycles. The topological polar surface area (TPSA) is 42.4 Å². The maximum absolute atomic E-state index is 12.3. The lowest BCUT2D eigenvalue weighted by atomic mass is 10.0. The summed E-state index contributed by atoms with van der Waals surface area (Å²) in [5, 5.41) is 0.480. The highest BCUT2D eigenvalue weighted by atomic mass is 35.5.